The van der Waals surface area contributed by atoms with Gasteiger partial charge in [-0.1, -0.05) is 58.8 Å². The quantitative estimate of drug-likeness (QED) is 0.488. The van der Waals surface area contributed by atoms with Crippen molar-refractivity contribution in [2.24, 2.45) is 23.3 Å². The van der Waals surface area contributed by atoms with Crippen molar-refractivity contribution in [2.45, 2.75) is 78.1 Å². The Morgan fingerprint density at radius 1 is 0.611 bits per heavy atom. The van der Waals surface area contributed by atoms with Gasteiger partial charge >= 0.3 is 0 Å². The Hall–Kier alpha value is -0.0800. The first-order chi connectivity index (χ1) is 8.70. The first-order valence-electron chi connectivity index (χ1n) is 8.10. The Labute approximate surface area is 115 Å². The fraction of sp³-hybridized carbons (Fsp3) is 1.00. The minimum Gasteiger partial charge on any atom is -0.330 e. The third-order valence-corrected chi connectivity index (χ3v) is 3.79. The molecule has 0 saturated heterocycles. The molecule has 0 aliphatic rings. The molecule has 0 rings (SSSR count). The highest BCUT2D eigenvalue weighted by Gasteiger charge is 2.06. The highest BCUT2D eigenvalue weighted by molar-refractivity contribution is 4.61. The third-order valence-electron chi connectivity index (χ3n) is 3.79. The molecule has 0 spiro atoms. The van der Waals surface area contributed by atoms with E-state index < -0.39 is 0 Å². The number of nitrogens with two attached hydrogens (primary N) is 2. The average Bonchev–Trinajstić information content (AvgIpc) is 2.34. The van der Waals surface area contributed by atoms with Gasteiger partial charge in [0.1, 0.15) is 0 Å². The van der Waals surface area contributed by atoms with Crippen LogP contribution in [0.25, 0.3) is 0 Å². The van der Waals surface area contributed by atoms with Crippen LogP contribution in [0.2, 0.25) is 0 Å². The maximum absolute atomic E-state index is 5.67. The van der Waals surface area contributed by atoms with Crippen LogP contribution >= 0.6 is 0 Å². The molecule has 0 amide bonds. The lowest BCUT2D eigenvalue weighted by molar-refractivity contribution is 0.394. The van der Waals surface area contributed by atoms with Gasteiger partial charge in [-0.05, 0) is 44.2 Å². The summed E-state index contributed by atoms with van der Waals surface area (Å²) in [5.74, 6) is 1.70. The van der Waals surface area contributed by atoms with Gasteiger partial charge in [0.15, 0.2) is 0 Å². The van der Waals surface area contributed by atoms with Gasteiger partial charge in [0.25, 0.3) is 0 Å². The fourth-order valence-electron chi connectivity index (χ4n) is 2.59. The zero-order valence-corrected chi connectivity index (χ0v) is 12.8. The van der Waals surface area contributed by atoms with E-state index in [9.17, 15) is 0 Å². The summed E-state index contributed by atoms with van der Waals surface area (Å²) in [7, 11) is 0. The zero-order chi connectivity index (χ0) is 13.6. The topological polar surface area (TPSA) is 52.0 Å². The minimum atomic E-state index is 0.828. The van der Waals surface area contributed by atoms with Crippen LogP contribution in [0.1, 0.15) is 78.1 Å². The predicted molar refractivity (Wildman–Crippen MR) is 82.6 cm³/mol. The summed E-state index contributed by atoms with van der Waals surface area (Å²) in [6.07, 6.45) is 13.4. The standard InChI is InChI=1S/C16H36N2/c1-15(2)9-6-4-3-5-7-10-16(12-14-18)11-8-13-17/h15-16H,3-14,17-18H2,1-2H3. The van der Waals surface area contributed by atoms with Crippen LogP contribution in [0.4, 0.5) is 0 Å². The molecule has 0 aliphatic heterocycles. The first kappa shape index (κ1) is 17.9. The summed E-state index contributed by atoms with van der Waals surface area (Å²) in [6, 6.07) is 0. The Bertz CT molecular complexity index is 157. The molecule has 0 heterocycles. The van der Waals surface area contributed by atoms with E-state index in [0.29, 0.717) is 0 Å². The average molecular weight is 256 g/mol. The second-order valence-electron chi connectivity index (χ2n) is 6.11. The van der Waals surface area contributed by atoms with Gasteiger partial charge in [0.05, 0.1) is 0 Å². The Morgan fingerprint density at radius 2 is 1.17 bits per heavy atom. The predicted octanol–water partition coefficient (Wildman–Crippen LogP) is 4.08. The van der Waals surface area contributed by atoms with Crippen molar-refractivity contribution in [3.05, 3.63) is 0 Å². The van der Waals surface area contributed by atoms with Crippen molar-refractivity contribution in [3.8, 4) is 0 Å². The number of hydrogen-bond acceptors (Lipinski definition) is 2. The summed E-state index contributed by atoms with van der Waals surface area (Å²) < 4.78 is 0. The Kier molecular flexibility index (Phi) is 13.3. The van der Waals surface area contributed by atoms with Crippen LogP contribution < -0.4 is 11.5 Å². The monoisotopic (exact) mass is 256 g/mol. The van der Waals surface area contributed by atoms with Gasteiger partial charge in [0, 0.05) is 0 Å². The van der Waals surface area contributed by atoms with Gasteiger partial charge in [0.2, 0.25) is 0 Å². The lowest BCUT2D eigenvalue weighted by Crippen LogP contribution is -2.11. The van der Waals surface area contributed by atoms with Gasteiger partial charge in [-0.15, -0.1) is 0 Å². The second kappa shape index (κ2) is 13.4. The minimum absolute atomic E-state index is 0.828. The number of rotatable bonds is 13. The van der Waals surface area contributed by atoms with E-state index in [1.54, 1.807) is 0 Å². The molecule has 0 aromatic rings. The number of hydrogen-bond donors (Lipinski definition) is 2. The third kappa shape index (κ3) is 12.4. The Morgan fingerprint density at radius 3 is 1.72 bits per heavy atom. The Balaban J connectivity index is 3.37. The van der Waals surface area contributed by atoms with Crippen LogP contribution in [-0.2, 0) is 0 Å². The maximum atomic E-state index is 5.67. The molecule has 0 aliphatic carbocycles. The lowest BCUT2D eigenvalue weighted by Gasteiger charge is -2.15. The molecule has 18 heavy (non-hydrogen) atoms. The van der Waals surface area contributed by atoms with Crippen LogP contribution in [0, 0.1) is 11.8 Å². The first-order valence-corrected chi connectivity index (χ1v) is 8.10. The normalized spacial score (nSPS) is 13.2. The van der Waals surface area contributed by atoms with Gasteiger partial charge in [-0.3, -0.25) is 0 Å². The van der Waals surface area contributed by atoms with Crippen LogP contribution in [0.15, 0.2) is 0 Å². The molecule has 1 unspecified atom stereocenters. The summed E-state index contributed by atoms with van der Waals surface area (Å²) in [5, 5.41) is 0. The molecular weight excluding hydrogens is 220 g/mol. The molecule has 0 radical (unpaired) electrons. The smallest absolute Gasteiger partial charge is 0.00746 e. The van der Waals surface area contributed by atoms with Gasteiger partial charge < -0.3 is 11.5 Å². The van der Waals surface area contributed by atoms with E-state index >= 15 is 0 Å². The molecule has 0 bridgehead atoms. The summed E-state index contributed by atoms with van der Waals surface area (Å²) in [5.41, 5.74) is 11.2. The molecule has 0 aromatic heterocycles. The molecule has 2 heteroatoms. The van der Waals surface area contributed by atoms with Gasteiger partial charge in [-0.2, -0.15) is 0 Å². The largest absolute Gasteiger partial charge is 0.330 e. The molecule has 1 atom stereocenters. The molecule has 0 aromatic carbocycles. The molecular formula is C16H36N2. The molecule has 2 nitrogen and oxygen atoms in total. The number of unbranched alkanes of at least 4 members (excludes halogenated alkanes) is 4. The SMILES string of the molecule is CC(C)CCCCCCCC(CCN)CCCN. The second-order valence-corrected chi connectivity index (χ2v) is 6.11. The van der Waals surface area contributed by atoms with E-state index in [-0.39, 0.29) is 0 Å². The van der Waals surface area contributed by atoms with Crippen molar-refractivity contribution < 1.29 is 0 Å². The molecule has 0 fully saturated rings. The summed E-state index contributed by atoms with van der Waals surface area (Å²) >= 11 is 0. The van der Waals surface area contributed by atoms with E-state index in [1.807, 2.05) is 0 Å². The van der Waals surface area contributed by atoms with Crippen molar-refractivity contribution in [3.63, 3.8) is 0 Å². The summed E-state index contributed by atoms with van der Waals surface area (Å²) in [6.45, 7) is 6.30. The lowest BCUT2D eigenvalue weighted by atomic mass is 9.92. The van der Waals surface area contributed by atoms with Crippen LogP contribution in [-0.4, -0.2) is 13.1 Å². The highest BCUT2D eigenvalue weighted by atomic mass is 14.5. The molecule has 0 saturated carbocycles. The van der Waals surface area contributed by atoms with E-state index in [1.165, 1.54) is 64.2 Å². The van der Waals surface area contributed by atoms with Gasteiger partial charge in [-0.25, -0.2) is 0 Å². The fourth-order valence-corrected chi connectivity index (χ4v) is 2.59. The van der Waals surface area contributed by atoms with E-state index in [4.69, 9.17) is 11.5 Å². The van der Waals surface area contributed by atoms with Crippen LogP contribution in [0.3, 0.4) is 0 Å². The van der Waals surface area contributed by atoms with Crippen molar-refractivity contribution in [2.75, 3.05) is 13.1 Å². The molecule has 4 N–H and O–H groups in total. The van der Waals surface area contributed by atoms with Crippen molar-refractivity contribution in [1.82, 2.24) is 0 Å². The van der Waals surface area contributed by atoms with E-state index in [0.717, 1.165) is 24.9 Å². The van der Waals surface area contributed by atoms with E-state index in [2.05, 4.69) is 13.8 Å². The summed E-state index contributed by atoms with van der Waals surface area (Å²) in [4.78, 5) is 0. The van der Waals surface area contributed by atoms with Crippen molar-refractivity contribution >= 4 is 0 Å². The zero-order valence-electron chi connectivity index (χ0n) is 12.8. The van der Waals surface area contributed by atoms with Crippen molar-refractivity contribution in [1.29, 1.82) is 0 Å². The maximum Gasteiger partial charge on any atom is -0.00746 e. The highest BCUT2D eigenvalue weighted by Crippen LogP contribution is 2.19. The van der Waals surface area contributed by atoms with Crippen LogP contribution in [0.5, 0.6) is 0 Å². The molecule has 110 valence electrons.